The van der Waals surface area contributed by atoms with Crippen molar-refractivity contribution in [3.63, 3.8) is 0 Å². The second-order valence-corrected chi connectivity index (χ2v) is 4.95. The van der Waals surface area contributed by atoms with Crippen LogP contribution < -0.4 is 0 Å². The first-order chi connectivity index (χ1) is 8.47. The molecule has 2 rings (SSSR count). The van der Waals surface area contributed by atoms with E-state index in [1.165, 1.54) is 4.90 Å². The number of nitriles is 1. The highest BCUT2D eigenvalue weighted by atomic mass is 35.5. The lowest BCUT2D eigenvalue weighted by Crippen LogP contribution is -2.33. The molecule has 1 aliphatic rings. The van der Waals surface area contributed by atoms with E-state index >= 15 is 0 Å². The van der Waals surface area contributed by atoms with Crippen molar-refractivity contribution >= 4 is 29.1 Å². The quantitative estimate of drug-likeness (QED) is 0.907. The second kappa shape index (κ2) is 4.77. The highest BCUT2D eigenvalue weighted by molar-refractivity contribution is 6.44. The van der Waals surface area contributed by atoms with E-state index in [2.05, 4.69) is 0 Å². The Kier molecular flexibility index (Phi) is 3.49. The molecule has 0 bridgehead atoms. The Morgan fingerprint density at radius 1 is 1.56 bits per heavy atom. The number of carbonyl (C=O) groups excluding carboxylic acids is 1. The summed E-state index contributed by atoms with van der Waals surface area (Å²) in [4.78, 5) is 13.5. The minimum atomic E-state index is -0.725. The Bertz CT molecular complexity index is 552. The molecule has 0 aromatic heterocycles. The summed E-state index contributed by atoms with van der Waals surface area (Å²) in [6, 6.07) is 4.50. The predicted molar refractivity (Wildman–Crippen MR) is 67.5 cm³/mol. The third-order valence-electron chi connectivity index (χ3n) is 2.79. The maximum atomic E-state index is 12.2. The van der Waals surface area contributed by atoms with Crippen LogP contribution in [-0.4, -0.2) is 28.6 Å². The molecule has 6 heteroatoms. The fourth-order valence-electron chi connectivity index (χ4n) is 2.05. The molecule has 0 radical (unpaired) electrons. The smallest absolute Gasteiger partial charge is 0.257 e. The second-order valence-electron chi connectivity index (χ2n) is 4.16. The van der Waals surface area contributed by atoms with Crippen LogP contribution in [0.25, 0.3) is 0 Å². The van der Waals surface area contributed by atoms with Crippen LogP contribution in [0.5, 0.6) is 0 Å². The van der Waals surface area contributed by atoms with Gasteiger partial charge in [0.1, 0.15) is 6.04 Å². The molecule has 1 amide bonds. The highest BCUT2D eigenvalue weighted by Crippen LogP contribution is 2.40. The van der Waals surface area contributed by atoms with Crippen LogP contribution in [0.15, 0.2) is 12.1 Å². The lowest BCUT2D eigenvalue weighted by molar-refractivity contribution is 0.0641. The predicted octanol–water partition coefficient (Wildman–Crippen LogP) is 2.39. The third-order valence-corrected chi connectivity index (χ3v) is 3.60. The van der Waals surface area contributed by atoms with Crippen LogP contribution >= 0.6 is 23.2 Å². The van der Waals surface area contributed by atoms with Gasteiger partial charge < -0.3 is 10.0 Å². The average molecular weight is 285 g/mol. The van der Waals surface area contributed by atoms with Gasteiger partial charge in [-0.25, -0.2) is 0 Å². The average Bonchev–Trinajstić information content (AvgIpc) is 2.57. The highest BCUT2D eigenvalue weighted by Gasteiger charge is 2.39. The van der Waals surface area contributed by atoms with Gasteiger partial charge in [0.25, 0.3) is 5.91 Å². The summed E-state index contributed by atoms with van der Waals surface area (Å²) < 4.78 is 0. The summed E-state index contributed by atoms with van der Waals surface area (Å²) in [5.41, 5.74) is 0.800. The van der Waals surface area contributed by atoms with E-state index in [1.807, 2.05) is 6.07 Å². The SMILES string of the molecule is CC(O)CN1C(=O)c2c(ccc(Cl)c2Cl)C1C#N. The standard InChI is InChI=1S/C12H10Cl2N2O2/c1-6(17)5-16-9(4-15)7-2-3-8(13)11(14)10(7)12(16)18/h2-3,6,9,17H,5H2,1H3. The first kappa shape index (κ1) is 13.2. The van der Waals surface area contributed by atoms with E-state index in [4.69, 9.17) is 23.2 Å². The van der Waals surface area contributed by atoms with Gasteiger partial charge >= 0.3 is 0 Å². The zero-order valence-electron chi connectivity index (χ0n) is 9.52. The number of amides is 1. The van der Waals surface area contributed by atoms with Crippen molar-refractivity contribution in [2.24, 2.45) is 0 Å². The van der Waals surface area contributed by atoms with Crippen molar-refractivity contribution in [2.75, 3.05) is 6.54 Å². The van der Waals surface area contributed by atoms with Crippen molar-refractivity contribution in [1.82, 2.24) is 4.90 Å². The number of nitrogens with zero attached hydrogens (tertiary/aromatic N) is 2. The van der Waals surface area contributed by atoms with E-state index < -0.39 is 12.1 Å². The number of β-amino-alcohol motifs (C(OH)–C–C–N with tert-alkyl or cyclic N) is 1. The van der Waals surface area contributed by atoms with Crippen molar-refractivity contribution in [3.05, 3.63) is 33.3 Å². The van der Waals surface area contributed by atoms with Gasteiger partial charge in [0, 0.05) is 12.1 Å². The van der Waals surface area contributed by atoms with Crippen LogP contribution in [0.3, 0.4) is 0 Å². The Hall–Kier alpha value is -1.28. The molecular weight excluding hydrogens is 275 g/mol. The van der Waals surface area contributed by atoms with Gasteiger partial charge in [-0.1, -0.05) is 29.3 Å². The Morgan fingerprint density at radius 3 is 2.78 bits per heavy atom. The van der Waals surface area contributed by atoms with E-state index in [0.29, 0.717) is 5.56 Å². The monoisotopic (exact) mass is 284 g/mol. The molecule has 1 aromatic rings. The number of aliphatic hydroxyl groups excluding tert-OH is 1. The maximum Gasteiger partial charge on any atom is 0.257 e. The van der Waals surface area contributed by atoms with E-state index in [9.17, 15) is 15.2 Å². The number of aliphatic hydroxyl groups is 1. The summed E-state index contributed by atoms with van der Waals surface area (Å²) in [5, 5.41) is 19.0. The summed E-state index contributed by atoms with van der Waals surface area (Å²) in [6.45, 7) is 1.64. The summed E-state index contributed by atoms with van der Waals surface area (Å²) in [5.74, 6) is -0.370. The molecular formula is C12H10Cl2N2O2. The first-order valence-electron chi connectivity index (χ1n) is 5.34. The first-order valence-corrected chi connectivity index (χ1v) is 6.09. The zero-order valence-corrected chi connectivity index (χ0v) is 11.0. The van der Waals surface area contributed by atoms with Crippen molar-refractivity contribution in [3.8, 4) is 6.07 Å². The number of hydrogen-bond acceptors (Lipinski definition) is 3. The van der Waals surface area contributed by atoms with Gasteiger partial charge in [-0.2, -0.15) is 5.26 Å². The molecule has 0 spiro atoms. The van der Waals surface area contributed by atoms with Crippen LogP contribution in [0, 0.1) is 11.3 Å². The molecule has 1 aromatic carbocycles. The normalized spacial score (nSPS) is 19.6. The lowest BCUT2D eigenvalue weighted by Gasteiger charge is -2.21. The Labute approximate surface area is 114 Å². The van der Waals surface area contributed by atoms with Gasteiger partial charge in [0.2, 0.25) is 0 Å². The topological polar surface area (TPSA) is 64.3 Å². The van der Waals surface area contributed by atoms with Crippen molar-refractivity contribution in [1.29, 1.82) is 5.26 Å². The van der Waals surface area contributed by atoms with Gasteiger partial charge in [0.15, 0.2) is 0 Å². The third kappa shape index (κ3) is 1.95. The van der Waals surface area contributed by atoms with Gasteiger partial charge in [-0.05, 0) is 13.0 Å². The minimum absolute atomic E-state index is 0.0830. The molecule has 2 atom stereocenters. The molecule has 0 fully saturated rings. The summed E-state index contributed by atoms with van der Waals surface area (Å²) in [7, 11) is 0. The number of carbonyl (C=O) groups is 1. The molecule has 94 valence electrons. The van der Waals surface area contributed by atoms with Crippen LogP contribution in [0.4, 0.5) is 0 Å². The Balaban J connectivity index is 2.53. The molecule has 18 heavy (non-hydrogen) atoms. The molecule has 0 aliphatic carbocycles. The molecule has 0 saturated heterocycles. The van der Waals surface area contributed by atoms with E-state index in [-0.39, 0.29) is 28.1 Å². The number of rotatable bonds is 2. The lowest BCUT2D eigenvalue weighted by atomic mass is 10.1. The van der Waals surface area contributed by atoms with Crippen molar-refractivity contribution < 1.29 is 9.90 Å². The number of fused-ring (bicyclic) bond motifs is 1. The fraction of sp³-hybridized carbons (Fsp3) is 0.333. The summed E-state index contributed by atoms with van der Waals surface area (Å²) in [6.07, 6.45) is -0.714. The fourth-order valence-corrected chi connectivity index (χ4v) is 2.46. The van der Waals surface area contributed by atoms with Gasteiger partial charge in [-0.3, -0.25) is 4.79 Å². The maximum absolute atomic E-state index is 12.2. The number of hydrogen-bond donors (Lipinski definition) is 1. The van der Waals surface area contributed by atoms with Crippen LogP contribution in [0.1, 0.15) is 28.9 Å². The van der Waals surface area contributed by atoms with Crippen LogP contribution in [0.2, 0.25) is 10.0 Å². The zero-order chi connectivity index (χ0) is 13.4. The molecule has 0 saturated carbocycles. The molecule has 1 aliphatic heterocycles. The van der Waals surface area contributed by atoms with E-state index in [0.717, 1.165) is 0 Å². The number of benzene rings is 1. The van der Waals surface area contributed by atoms with Gasteiger partial charge in [-0.15, -0.1) is 0 Å². The molecule has 4 nitrogen and oxygen atoms in total. The van der Waals surface area contributed by atoms with Gasteiger partial charge in [0.05, 0.1) is 27.8 Å². The van der Waals surface area contributed by atoms with Crippen molar-refractivity contribution in [2.45, 2.75) is 19.1 Å². The molecule has 1 heterocycles. The van der Waals surface area contributed by atoms with Crippen LogP contribution in [-0.2, 0) is 0 Å². The summed E-state index contributed by atoms with van der Waals surface area (Å²) >= 11 is 11.9. The number of halogens is 2. The van der Waals surface area contributed by atoms with E-state index in [1.54, 1.807) is 19.1 Å². The Morgan fingerprint density at radius 2 is 2.22 bits per heavy atom. The minimum Gasteiger partial charge on any atom is -0.392 e. The molecule has 2 unspecified atom stereocenters. The largest absolute Gasteiger partial charge is 0.392 e. The molecule has 1 N–H and O–H groups in total.